The number of phenolic OH excluding ortho intramolecular Hbond substituents is 1. The van der Waals surface area contributed by atoms with Crippen molar-refractivity contribution in [1.82, 2.24) is 4.72 Å². The van der Waals surface area contributed by atoms with Crippen LogP contribution in [0, 0.1) is 0 Å². The van der Waals surface area contributed by atoms with Gasteiger partial charge in [0.25, 0.3) is 0 Å². The maximum Gasteiger partial charge on any atom is 0.240 e. The summed E-state index contributed by atoms with van der Waals surface area (Å²) in [5.74, 6) is -0.0590. The minimum atomic E-state index is -3.54. The summed E-state index contributed by atoms with van der Waals surface area (Å²) in [4.78, 5) is 0.0818. The summed E-state index contributed by atoms with van der Waals surface area (Å²) in [5, 5.41) is 9.25. The standard InChI is InChI=1S/C11H15NO4S/c1-16-10-5-8(6-10)12-17(14,15)11-4-2-3-9(13)7-11/h2-4,7-8,10,12-13H,5-6H2,1H3. The second-order valence-electron chi connectivity index (χ2n) is 4.14. The molecule has 94 valence electrons. The Kier molecular flexibility index (Phi) is 3.37. The van der Waals surface area contributed by atoms with Crippen molar-refractivity contribution in [2.75, 3.05) is 7.11 Å². The third-order valence-corrected chi connectivity index (χ3v) is 4.40. The van der Waals surface area contributed by atoms with Gasteiger partial charge in [-0.3, -0.25) is 0 Å². The maximum absolute atomic E-state index is 11.9. The van der Waals surface area contributed by atoms with Gasteiger partial charge in [-0.05, 0) is 31.0 Å². The van der Waals surface area contributed by atoms with Crippen LogP contribution in [-0.2, 0) is 14.8 Å². The fraction of sp³-hybridized carbons (Fsp3) is 0.455. The van der Waals surface area contributed by atoms with Crippen LogP contribution < -0.4 is 4.72 Å². The monoisotopic (exact) mass is 257 g/mol. The van der Waals surface area contributed by atoms with Crippen LogP contribution in [0.4, 0.5) is 0 Å². The molecule has 0 atom stereocenters. The van der Waals surface area contributed by atoms with Crippen LogP contribution in [0.15, 0.2) is 29.2 Å². The third kappa shape index (κ3) is 2.77. The first kappa shape index (κ1) is 12.3. The number of hydrogen-bond acceptors (Lipinski definition) is 4. The van der Waals surface area contributed by atoms with Crippen LogP contribution in [0.5, 0.6) is 5.75 Å². The molecule has 0 amide bonds. The molecule has 0 unspecified atom stereocenters. The Hall–Kier alpha value is -1.11. The molecule has 0 saturated heterocycles. The van der Waals surface area contributed by atoms with Gasteiger partial charge in [-0.2, -0.15) is 0 Å². The SMILES string of the molecule is COC1CC(NS(=O)(=O)c2cccc(O)c2)C1. The number of hydrogen-bond donors (Lipinski definition) is 2. The van der Waals surface area contributed by atoms with E-state index in [0.29, 0.717) is 12.8 Å². The summed E-state index contributed by atoms with van der Waals surface area (Å²) in [6, 6.07) is 5.54. The number of nitrogens with one attached hydrogen (secondary N) is 1. The molecule has 5 nitrogen and oxygen atoms in total. The molecule has 1 aliphatic rings. The van der Waals surface area contributed by atoms with Gasteiger partial charge in [0, 0.05) is 13.2 Å². The van der Waals surface area contributed by atoms with Crippen molar-refractivity contribution in [3.05, 3.63) is 24.3 Å². The van der Waals surface area contributed by atoms with E-state index < -0.39 is 10.0 Å². The van der Waals surface area contributed by atoms with Gasteiger partial charge in [-0.25, -0.2) is 13.1 Å². The summed E-state index contributed by atoms with van der Waals surface area (Å²) in [6.07, 6.45) is 1.52. The smallest absolute Gasteiger partial charge is 0.240 e. The van der Waals surface area contributed by atoms with Gasteiger partial charge >= 0.3 is 0 Å². The Morgan fingerprint density at radius 2 is 2.12 bits per heavy atom. The van der Waals surface area contributed by atoms with Gasteiger partial charge in [0.15, 0.2) is 0 Å². The summed E-state index contributed by atoms with van der Waals surface area (Å²) in [7, 11) is -1.92. The van der Waals surface area contributed by atoms with Crippen molar-refractivity contribution in [2.24, 2.45) is 0 Å². The third-order valence-electron chi connectivity index (χ3n) is 2.88. The van der Waals surface area contributed by atoms with Crippen LogP contribution in [-0.4, -0.2) is 32.8 Å². The minimum Gasteiger partial charge on any atom is -0.508 e. The van der Waals surface area contributed by atoms with Crippen molar-refractivity contribution >= 4 is 10.0 Å². The first-order valence-corrected chi connectivity index (χ1v) is 6.84. The zero-order chi connectivity index (χ0) is 12.5. The van der Waals surface area contributed by atoms with E-state index in [9.17, 15) is 13.5 Å². The molecule has 1 aromatic rings. The zero-order valence-corrected chi connectivity index (χ0v) is 10.3. The van der Waals surface area contributed by atoms with Crippen molar-refractivity contribution in [3.63, 3.8) is 0 Å². The Labute approximate surface area is 100 Å². The number of ether oxygens (including phenoxy) is 1. The van der Waals surface area contributed by atoms with E-state index in [4.69, 9.17) is 4.74 Å². The number of sulfonamides is 1. The quantitative estimate of drug-likeness (QED) is 0.838. The number of methoxy groups -OCH3 is 1. The summed E-state index contributed by atoms with van der Waals surface area (Å²) < 4.78 is 31.5. The predicted molar refractivity (Wildman–Crippen MR) is 62.2 cm³/mol. The molecule has 17 heavy (non-hydrogen) atoms. The molecule has 2 N–H and O–H groups in total. The number of benzene rings is 1. The number of aromatic hydroxyl groups is 1. The van der Waals surface area contributed by atoms with E-state index in [1.165, 1.54) is 24.3 Å². The maximum atomic E-state index is 11.9. The topological polar surface area (TPSA) is 75.6 Å². The molecule has 1 aliphatic carbocycles. The van der Waals surface area contributed by atoms with E-state index >= 15 is 0 Å². The molecule has 0 aliphatic heterocycles. The van der Waals surface area contributed by atoms with E-state index in [0.717, 1.165) is 0 Å². The van der Waals surface area contributed by atoms with Gasteiger partial charge in [-0.1, -0.05) is 6.07 Å². The van der Waals surface area contributed by atoms with Gasteiger partial charge < -0.3 is 9.84 Å². The van der Waals surface area contributed by atoms with Crippen LogP contribution in [0.2, 0.25) is 0 Å². The molecule has 0 heterocycles. The van der Waals surface area contributed by atoms with Gasteiger partial charge in [0.05, 0.1) is 11.0 Å². The molecule has 0 spiro atoms. The lowest BCUT2D eigenvalue weighted by Gasteiger charge is -2.34. The molecule has 1 fully saturated rings. The first-order valence-electron chi connectivity index (χ1n) is 5.35. The highest BCUT2D eigenvalue weighted by Gasteiger charge is 2.32. The normalized spacial score (nSPS) is 24.3. The fourth-order valence-electron chi connectivity index (χ4n) is 1.79. The average Bonchev–Trinajstić information content (AvgIpc) is 2.23. The molecule has 6 heteroatoms. The predicted octanol–water partition coefficient (Wildman–Crippen LogP) is 0.848. The second-order valence-corrected chi connectivity index (χ2v) is 5.86. The summed E-state index contributed by atoms with van der Waals surface area (Å²) in [5.41, 5.74) is 0. The van der Waals surface area contributed by atoms with E-state index in [1.807, 2.05) is 0 Å². The van der Waals surface area contributed by atoms with Crippen molar-refractivity contribution in [1.29, 1.82) is 0 Å². The van der Waals surface area contributed by atoms with E-state index in [1.54, 1.807) is 7.11 Å². The highest BCUT2D eigenvalue weighted by Crippen LogP contribution is 2.25. The van der Waals surface area contributed by atoms with Crippen molar-refractivity contribution in [3.8, 4) is 5.75 Å². The Bertz CT molecular complexity index is 494. The second kappa shape index (κ2) is 4.64. The van der Waals surface area contributed by atoms with Crippen molar-refractivity contribution in [2.45, 2.75) is 29.9 Å². The lowest BCUT2D eigenvalue weighted by molar-refractivity contribution is 0.0236. The molecular formula is C11H15NO4S. The van der Waals surface area contributed by atoms with E-state index in [2.05, 4.69) is 4.72 Å². The molecule has 2 rings (SSSR count). The van der Waals surface area contributed by atoms with Crippen LogP contribution in [0.25, 0.3) is 0 Å². The lowest BCUT2D eigenvalue weighted by atomic mass is 9.90. The minimum absolute atomic E-state index is 0.0590. The molecule has 0 aromatic heterocycles. The highest BCUT2D eigenvalue weighted by molar-refractivity contribution is 7.89. The molecular weight excluding hydrogens is 242 g/mol. The average molecular weight is 257 g/mol. The number of rotatable bonds is 4. The Morgan fingerprint density at radius 1 is 1.41 bits per heavy atom. The summed E-state index contributed by atoms with van der Waals surface area (Å²) >= 11 is 0. The Morgan fingerprint density at radius 3 is 2.71 bits per heavy atom. The largest absolute Gasteiger partial charge is 0.508 e. The summed E-state index contributed by atoms with van der Waals surface area (Å²) in [6.45, 7) is 0. The van der Waals surface area contributed by atoms with Gasteiger partial charge in [-0.15, -0.1) is 0 Å². The van der Waals surface area contributed by atoms with Gasteiger partial charge in [0.2, 0.25) is 10.0 Å². The lowest BCUT2D eigenvalue weighted by Crippen LogP contribution is -2.47. The molecule has 0 radical (unpaired) electrons. The number of phenols is 1. The van der Waals surface area contributed by atoms with E-state index in [-0.39, 0.29) is 22.8 Å². The zero-order valence-electron chi connectivity index (χ0n) is 9.46. The molecule has 1 saturated carbocycles. The fourth-order valence-corrected chi connectivity index (χ4v) is 3.09. The molecule has 0 bridgehead atoms. The molecule has 1 aromatic carbocycles. The Balaban J connectivity index is 2.05. The first-order chi connectivity index (χ1) is 8.01. The van der Waals surface area contributed by atoms with Crippen LogP contribution in [0.3, 0.4) is 0 Å². The van der Waals surface area contributed by atoms with Crippen LogP contribution in [0.1, 0.15) is 12.8 Å². The van der Waals surface area contributed by atoms with Gasteiger partial charge in [0.1, 0.15) is 5.75 Å². The van der Waals surface area contributed by atoms with Crippen molar-refractivity contribution < 1.29 is 18.3 Å². The van der Waals surface area contributed by atoms with Crippen LogP contribution >= 0.6 is 0 Å². The highest BCUT2D eigenvalue weighted by atomic mass is 32.2.